The molecule has 0 amide bonds. The minimum absolute atomic E-state index is 0.0662. The van der Waals surface area contributed by atoms with E-state index in [4.69, 9.17) is 69.6 Å². The van der Waals surface area contributed by atoms with Crippen molar-refractivity contribution >= 4 is 69.6 Å². The Hall–Kier alpha value is 1.48. The summed E-state index contributed by atoms with van der Waals surface area (Å²) in [6, 6.07) is 0. The summed E-state index contributed by atoms with van der Waals surface area (Å²) < 4.78 is 0. The second-order valence-corrected chi connectivity index (χ2v) is 6.15. The molecular formula is C10H14Cl6. The molecule has 96 valence electrons. The summed E-state index contributed by atoms with van der Waals surface area (Å²) in [4.78, 5) is 0. The van der Waals surface area contributed by atoms with Crippen LogP contribution in [0.25, 0.3) is 0 Å². The summed E-state index contributed by atoms with van der Waals surface area (Å²) >= 11 is 35.0. The third kappa shape index (κ3) is 8.55. The van der Waals surface area contributed by atoms with Gasteiger partial charge in [-0.1, -0.05) is 23.2 Å². The Bertz CT molecular complexity index is 193. The lowest BCUT2D eigenvalue weighted by atomic mass is 10.2. The molecule has 6 heteroatoms. The van der Waals surface area contributed by atoms with Gasteiger partial charge in [0.1, 0.15) is 0 Å². The lowest BCUT2D eigenvalue weighted by molar-refractivity contribution is 0.792. The van der Waals surface area contributed by atoms with Gasteiger partial charge >= 0.3 is 0 Å². The van der Waals surface area contributed by atoms with Gasteiger partial charge in [-0.3, -0.25) is 0 Å². The highest BCUT2D eigenvalue weighted by molar-refractivity contribution is 6.39. The van der Waals surface area contributed by atoms with Crippen LogP contribution in [0.15, 0.2) is 10.1 Å². The fourth-order valence-electron chi connectivity index (χ4n) is 0.992. The fraction of sp³-hybridized carbons (Fsp3) is 0.800. The summed E-state index contributed by atoms with van der Waals surface area (Å²) in [7, 11) is 0. The first-order valence-electron chi connectivity index (χ1n) is 4.94. The molecule has 0 fully saturated rings. The van der Waals surface area contributed by atoms with Crippen molar-refractivity contribution in [1.29, 1.82) is 0 Å². The highest BCUT2D eigenvalue weighted by Gasteiger charge is 2.09. The van der Waals surface area contributed by atoms with Gasteiger partial charge in [0, 0.05) is 32.6 Å². The molecule has 0 heterocycles. The minimum Gasteiger partial charge on any atom is -0.125 e. The topological polar surface area (TPSA) is 0 Å². The quantitative estimate of drug-likeness (QED) is 0.478. The highest BCUT2D eigenvalue weighted by Crippen LogP contribution is 2.26. The molecule has 0 saturated carbocycles. The Balaban J connectivity index is 3.95. The lowest BCUT2D eigenvalue weighted by Crippen LogP contribution is -2.01. The SMILES string of the molecule is ClCC(Cl)CCC(Cl)=C(Cl)CCC(Cl)CCl. The van der Waals surface area contributed by atoms with Crippen LogP contribution in [-0.4, -0.2) is 22.5 Å². The molecule has 0 bridgehead atoms. The Morgan fingerprint density at radius 2 is 1.06 bits per heavy atom. The molecule has 0 aromatic rings. The molecule has 0 saturated heterocycles. The zero-order valence-corrected chi connectivity index (χ0v) is 13.2. The third-order valence-corrected chi connectivity index (χ3v) is 4.72. The molecule has 0 aromatic heterocycles. The van der Waals surface area contributed by atoms with E-state index in [1.165, 1.54) is 0 Å². The maximum Gasteiger partial charge on any atom is 0.0474 e. The van der Waals surface area contributed by atoms with E-state index in [0.29, 0.717) is 34.7 Å². The number of hydrogen-bond donors (Lipinski definition) is 0. The second kappa shape index (κ2) is 10.4. The summed E-state index contributed by atoms with van der Waals surface area (Å²) in [5, 5.41) is 1.14. The zero-order valence-electron chi connectivity index (χ0n) is 8.67. The molecule has 0 rings (SSSR count). The monoisotopic (exact) mass is 344 g/mol. The normalized spacial score (nSPS) is 16.9. The highest BCUT2D eigenvalue weighted by atomic mass is 35.5. The average molecular weight is 347 g/mol. The molecule has 2 unspecified atom stereocenters. The molecule has 0 spiro atoms. The van der Waals surface area contributed by atoms with E-state index in [9.17, 15) is 0 Å². The van der Waals surface area contributed by atoms with Crippen LogP contribution in [0, 0.1) is 0 Å². The molecule has 2 atom stereocenters. The van der Waals surface area contributed by atoms with Crippen LogP contribution in [0.3, 0.4) is 0 Å². The molecule has 16 heavy (non-hydrogen) atoms. The van der Waals surface area contributed by atoms with E-state index < -0.39 is 0 Å². The van der Waals surface area contributed by atoms with E-state index in [1.54, 1.807) is 0 Å². The number of halogens is 6. The molecule has 0 aliphatic rings. The summed E-state index contributed by atoms with van der Waals surface area (Å²) in [6.45, 7) is 0. The lowest BCUT2D eigenvalue weighted by Gasteiger charge is -2.08. The number of allylic oxidation sites excluding steroid dienone is 2. The van der Waals surface area contributed by atoms with Crippen molar-refractivity contribution in [1.82, 2.24) is 0 Å². The van der Waals surface area contributed by atoms with Crippen LogP contribution in [0.1, 0.15) is 25.7 Å². The van der Waals surface area contributed by atoms with Crippen LogP contribution in [0.4, 0.5) is 0 Å². The smallest absolute Gasteiger partial charge is 0.0474 e. The van der Waals surface area contributed by atoms with E-state index in [2.05, 4.69) is 0 Å². The number of alkyl halides is 4. The van der Waals surface area contributed by atoms with Crippen LogP contribution in [0.2, 0.25) is 0 Å². The number of rotatable bonds is 8. The first kappa shape index (κ1) is 17.5. The maximum atomic E-state index is 6.03. The molecule has 0 radical (unpaired) electrons. The van der Waals surface area contributed by atoms with Gasteiger partial charge in [-0.15, -0.1) is 46.4 Å². The van der Waals surface area contributed by atoms with E-state index >= 15 is 0 Å². The fourth-order valence-corrected chi connectivity index (χ4v) is 1.93. The van der Waals surface area contributed by atoms with Crippen LogP contribution < -0.4 is 0 Å². The van der Waals surface area contributed by atoms with E-state index in [-0.39, 0.29) is 10.8 Å². The van der Waals surface area contributed by atoms with Crippen molar-refractivity contribution in [2.75, 3.05) is 11.8 Å². The molecule has 0 nitrogen and oxygen atoms in total. The van der Waals surface area contributed by atoms with Crippen molar-refractivity contribution in [2.24, 2.45) is 0 Å². The van der Waals surface area contributed by atoms with Gasteiger partial charge in [0.15, 0.2) is 0 Å². The first-order valence-corrected chi connectivity index (χ1v) is 7.64. The van der Waals surface area contributed by atoms with Gasteiger partial charge in [-0.05, 0) is 25.7 Å². The molecule has 0 N–H and O–H groups in total. The Morgan fingerprint density at radius 1 is 0.750 bits per heavy atom. The van der Waals surface area contributed by atoms with Gasteiger partial charge in [0.2, 0.25) is 0 Å². The van der Waals surface area contributed by atoms with Crippen molar-refractivity contribution < 1.29 is 0 Å². The Labute approximate surface area is 127 Å². The van der Waals surface area contributed by atoms with E-state index in [1.807, 2.05) is 0 Å². The van der Waals surface area contributed by atoms with Crippen molar-refractivity contribution in [2.45, 2.75) is 36.4 Å². The van der Waals surface area contributed by atoms with Crippen molar-refractivity contribution in [3.05, 3.63) is 10.1 Å². The Morgan fingerprint density at radius 3 is 1.31 bits per heavy atom. The summed E-state index contributed by atoms with van der Waals surface area (Å²) in [5.41, 5.74) is 0. The van der Waals surface area contributed by atoms with Crippen LogP contribution in [0.5, 0.6) is 0 Å². The van der Waals surface area contributed by atoms with Gasteiger partial charge in [0.05, 0.1) is 0 Å². The maximum absolute atomic E-state index is 6.03. The average Bonchev–Trinajstić information content (AvgIpc) is 2.31. The second-order valence-electron chi connectivity index (χ2n) is 3.39. The van der Waals surface area contributed by atoms with Crippen LogP contribution in [-0.2, 0) is 0 Å². The van der Waals surface area contributed by atoms with Gasteiger partial charge in [-0.25, -0.2) is 0 Å². The molecule has 0 aromatic carbocycles. The van der Waals surface area contributed by atoms with Gasteiger partial charge in [-0.2, -0.15) is 0 Å². The van der Waals surface area contributed by atoms with Gasteiger partial charge < -0.3 is 0 Å². The van der Waals surface area contributed by atoms with Crippen molar-refractivity contribution in [3.63, 3.8) is 0 Å². The molecule has 0 aliphatic heterocycles. The summed E-state index contributed by atoms with van der Waals surface area (Å²) in [5.74, 6) is 0.832. The Kier molecular flexibility index (Phi) is 11.4. The van der Waals surface area contributed by atoms with Crippen LogP contribution >= 0.6 is 69.6 Å². The zero-order chi connectivity index (χ0) is 12.6. The predicted molar refractivity (Wildman–Crippen MR) is 77.9 cm³/mol. The minimum atomic E-state index is -0.0662. The summed E-state index contributed by atoms with van der Waals surface area (Å²) in [6.07, 6.45) is 2.74. The number of hydrogen-bond acceptors (Lipinski definition) is 0. The largest absolute Gasteiger partial charge is 0.125 e. The van der Waals surface area contributed by atoms with E-state index in [0.717, 1.165) is 12.8 Å². The predicted octanol–water partition coefficient (Wildman–Crippen LogP) is 5.93. The third-order valence-electron chi connectivity index (χ3n) is 1.98. The van der Waals surface area contributed by atoms with Gasteiger partial charge in [0.25, 0.3) is 0 Å². The first-order chi connectivity index (χ1) is 7.51. The standard InChI is InChI=1S/C10H14Cl6/c11-5-7(13)1-3-9(15)10(16)4-2-8(14)6-12/h7-8H,1-6H2. The molecule has 0 aliphatic carbocycles. The van der Waals surface area contributed by atoms with Crippen molar-refractivity contribution in [3.8, 4) is 0 Å². The molecular weight excluding hydrogens is 333 g/mol.